The number of hydrogen-bond donors (Lipinski definition) is 0. The quantitative estimate of drug-likeness (QED) is 0.215. The molecular weight excluding hydrogens is 458 g/mol. The van der Waals surface area contributed by atoms with Gasteiger partial charge in [-0.1, -0.05) is 82.3 Å². The molecule has 6 rings (SSSR count). The average molecular weight is 497 g/mol. The molecule has 0 unspecified atom stereocenters. The van der Waals surface area contributed by atoms with E-state index in [0.717, 1.165) is 0 Å². The number of aryl methyl sites for hydroxylation is 4. The van der Waals surface area contributed by atoms with Crippen molar-refractivity contribution in [1.29, 1.82) is 0 Å². The smallest absolute Gasteiger partial charge is 0.200 e. The third-order valence-electron chi connectivity index (χ3n) is 9.64. The van der Waals surface area contributed by atoms with Crippen LogP contribution >= 0.6 is 0 Å². The Balaban J connectivity index is 1.58. The van der Waals surface area contributed by atoms with E-state index in [1.807, 2.05) is 0 Å². The fourth-order valence-corrected chi connectivity index (χ4v) is 6.55. The van der Waals surface area contributed by atoms with Gasteiger partial charge < -0.3 is 0 Å². The first kappa shape index (κ1) is 24.6. The molecule has 1 aliphatic carbocycles. The highest BCUT2D eigenvalue weighted by Crippen LogP contribution is 2.55. The number of pyridine rings is 1. The number of hydrogen-bond acceptors (Lipinski definition) is 0. The van der Waals surface area contributed by atoms with E-state index >= 15 is 0 Å². The van der Waals surface area contributed by atoms with Gasteiger partial charge in [0.2, 0.25) is 5.69 Å². The lowest BCUT2D eigenvalue weighted by Crippen LogP contribution is -2.43. The first-order valence-electron chi connectivity index (χ1n) is 13.8. The first-order chi connectivity index (χ1) is 18.0. The van der Waals surface area contributed by atoms with Crippen LogP contribution in [0.1, 0.15) is 55.5 Å². The number of aromatic nitrogens is 1. The SMILES string of the molecule is Cc1ccccc1-c1c[n+](C)c(-c2cc3c(cc2C)-c2cc4ccccc4cc2C(C)(C)C3(C)C)cc1C. The third-order valence-corrected chi connectivity index (χ3v) is 9.64. The second kappa shape index (κ2) is 8.40. The Morgan fingerprint density at radius 3 is 1.74 bits per heavy atom. The zero-order valence-corrected chi connectivity index (χ0v) is 24.0. The third kappa shape index (κ3) is 3.48. The lowest BCUT2D eigenvalue weighted by molar-refractivity contribution is -0.660. The molecule has 1 aromatic heterocycles. The van der Waals surface area contributed by atoms with Crippen LogP contribution in [0.25, 0.3) is 44.3 Å². The second-order valence-corrected chi connectivity index (χ2v) is 12.4. The van der Waals surface area contributed by atoms with Crippen molar-refractivity contribution in [3.05, 3.63) is 113 Å². The van der Waals surface area contributed by atoms with Gasteiger partial charge in [0.1, 0.15) is 7.05 Å². The maximum atomic E-state index is 2.49. The molecule has 1 nitrogen and oxygen atoms in total. The fourth-order valence-electron chi connectivity index (χ4n) is 6.55. The second-order valence-electron chi connectivity index (χ2n) is 12.4. The van der Waals surface area contributed by atoms with E-state index in [1.54, 1.807) is 0 Å². The van der Waals surface area contributed by atoms with Gasteiger partial charge in [0.25, 0.3) is 0 Å². The van der Waals surface area contributed by atoms with E-state index in [0.29, 0.717) is 0 Å². The topological polar surface area (TPSA) is 3.88 Å². The summed E-state index contributed by atoms with van der Waals surface area (Å²) in [5.41, 5.74) is 14.7. The van der Waals surface area contributed by atoms with Gasteiger partial charge in [-0.15, -0.1) is 0 Å². The van der Waals surface area contributed by atoms with Crippen LogP contribution in [0.15, 0.2) is 85.1 Å². The molecule has 4 aromatic carbocycles. The predicted octanol–water partition coefficient (Wildman–Crippen LogP) is 9.16. The van der Waals surface area contributed by atoms with E-state index in [4.69, 9.17) is 0 Å². The molecule has 0 aliphatic heterocycles. The van der Waals surface area contributed by atoms with Gasteiger partial charge >= 0.3 is 0 Å². The van der Waals surface area contributed by atoms with Crippen LogP contribution in [0.5, 0.6) is 0 Å². The number of rotatable bonds is 2. The molecule has 1 heterocycles. The lowest BCUT2D eigenvalue weighted by Gasteiger charge is -2.48. The Bertz CT molecular complexity index is 1750. The van der Waals surface area contributed by atoms with Crippen molar-refractivity contribution in [3.8, 4) is 33.5 Å². The predicted molar refractivity (Wildman–Crippen MR) is 162 cm³/mol. The molecule has 1 heteroatoms. The molecule has 0 fully saturated rings. The molecule has 38 heavy (non-hydrogen) atoms. The number of benzene rings is 4. The van der Waals surface area contributed by atoms with Crippen LogP contribution in [0.4, 0.5) is 0 Å². The Kier molecular flexibility index (Phi) is 5.44. The van der Waals surface area contributed by atoms with Crippen molar-refractivity contribution < 1.29 is 4.57 Å². The van der Waals surface area contributed by atoms with E-state index in [9.17, 15) is 0 Å². The van der Waals surface area contributed by atoms with E-state index in [1.165, 1.54) is 72.1 Å². The summed E-state index contributed by atoms with van der Waals surface area (Å²) in [6.45, 7) is 16.4. The van der Waals surface area contributed by atoms with Crippen molar-refractivity contribution >= 4 is 10.8 Å². The zero-order valence-electron chi connectivity index (χ0n) is 24.0. The first-order valence-corrected chi connectivity index (χ1v) is 13.8. The van der Waals surface area contributed by atoms with Crippen LogP contribution in [0, 0.1) is 20.8 Å². The molecule has 0 saturated carbocycles. The van der Waals surface area contributed by atoms with Crippen LogP contribution in [-0.4, -0.2) is 0 Å². The Morgan fingerprint density at radius 2 is 1.05 bits per heavy atom. The minimum absolute atomic E-state index is 0.0152. The van der Waals surface area contributed by atoms with Gasteiger partial charge in [-0.25, -0.2) is 4.57 Å². The summed E-state index contributed by atoms with van der Waals surface area (Å²) >= 11 is 0. The van der Waals surface area contributed by atoms with Crippen molar-refractivity contribution in [1.82, 2.24) is 0 Å². The summed E-state index contributed by atoms with van der Waals surface area (Å²) in [6, 6.07) is 29.6. The molecule has 0 atom stereocenters. The van der Waals surface area contributed by atoms with Crippen LogP contribution < -0.4 is 4.57 Å². The van der Waals surface area contributed by atoms with E-state index < -0.39 is 0 Å². The van der Waals surface area contributed by atoms with Gasteiger partial charge in [-0.2, -0.15) is 0 Å². The van der Waals surface area contributed by atoms with Gasteiger partial charge in [0, 0.05) is 17.2 Å². The average Bonchev–Trinajstić information content (AvgIpc) is 2.88. The molecule has 190 valence electrons. The van der Waals surface area contributed by atoms with Gasteiger partial charge in [0.15, 0.2) is 6.20 Å². The Morgan fingerprint density at radius 1 is 0.500 bits per heavy atom. The van der Waals surface area contributed by atoms with Crippen molar-refractivity contribution in [2.75, 3.05) is 0 Å². The highest BCUT2D eigenvalue weighted by Gasteiger charge is 2.46. The van der Waals surface area contributed by atoms with Gasteiger partial charge in [0.05, 0.1) is 0 Å². The maximum Gasteiger partial charge on any atom is 0.212 e. The summed E-state index contributed by atoms with van der Waals surface area (Å²) < 4.78 is 2.31. The summed E-state index contributed by atoms with van der Waals surface area (Å²) in [6.07, 6.45) is 2.31. The lowest BCUT2D eigenvalue weighted by atomic mass is 9.55. The fraction of sp³-hybridized carbons (Fsp3) is 0.270. The molecule has 0 amide bonds. The van der Waals surface area contributed by atoms with E-state index in [-0.39, 0.29) is 10.8 Å². The molecule has 0 spiro atoms. The minimum Gasteiger partial charge on any atom is -0.200 e. The summed E-state index contributed by atoms with van der Waals surface area (Å²) in [5, 5.41) is 2.63. The van der Waals surface area contributed by atoms with Crippen molar-refractivity contribution in [2.45, 2.75) is 59.3 Å². The number of fused-ring (bicyclic) bond motifs is 4. The molecular formula is C37H38N+. The molecule has 0 saturated heterocycles. The summed E-state index contributed by atoms with van der Waals surface area (Å²) in [7, 11) is 2.19. The minimum atomic E-state index is -0.0328. The monoisotopic (exact) mass is 496 g/mol. The van der Waals surface area contributed by atoms with E-state index in [2.05, 4.69) is 145 Å². The molecule has 0 N–H and O–H groups in total. The largest absolute Gasteiger partial charge is 0.212 e. The van der Waals surface area contributed by atoms with Crippen LogP contribution in [-0.2, 0) is 17.9 Å². The molecule has 1 aliphatic rings. The zero-order chi connectivity index (χ0) is 27.0. The highest BCUT2D eigenvalue weighted by molar-refractivity contribution is 5.92. The number of nitrogens with zero attached hydrogens (tertiary/aromatic N) is 1. The summed E-state index contributed by atoms with van der Waals surface area (Å²) in [5.74, 6) is 0. The normalized spacial score (nSPS) is 15.3. The standard InChI is InChI=1S/C37H38N/c1-23-13-9-12-16-28(23)32-22-38(8)35(18-25(32)3)29-21-34-30(17-24(29)2)31-19-26-14-10-11-15-27(26)20-33(31)36(4,5)37(34,6)7/h9-22H,1-8H3/q+1. The van der Waals surface area contributed by atoms with Gasteiger partial charge in [-0.3, -0.25) is 0 Å². The Labute approximate surface area is 227 Å². The van der Waals surface area contributed by atoms with Crippen LogP contribution in [0.2, 0.25) is 0 Å². The highest BCUT2D eigenvalue weighted by atomic mass is 14.9. The summed E-state index contributed by atoms with van der Waals surface area (Å²) in [4.78, 5) is 0. The van der Waals surface area contributed by atoms with Crippen molar-refractivity contribution in [2.24, 2.45) is 7.05 Å². The van der Waals surface area contributed by atoms with Crippen LogP contribution in [0.3, 0.4) is 0 Å². The van der Waals surface area contributed by atoms with Crippen molar-refractivity contribution in [3.63, 3.8) is 0 Å². The van der Waals surface area contributed by atoms with Gasteiger partial charge in [-0.05, 0) is 105 Å². The maximum absolute atomic E-state index is 2.49. The molecule has 5 aromatic rings. The Hall–Kier alpha value is -3.71. The molecule has 0 bridgehead atoms. The molecule has 0 radical (unpaired) electrons.